The highest BCUT2D eigenvalue weighted by Gasteiger charge is 2.31. The van der Waals surface area contributed by atoms with Gasteiger partial charge in [0.15, 0.2) is 11.4 Å². The molecule has 3 aromatic heterocycles. The van der Waals surface area contributed by atoms with Crippen molar-refractivity contribution in [3.8, 4) is 11.1 Å². The van der Waals surface area contributed by atoms with Gasteiger partial charge in [0.25, 0.3) is 5.91 Å². The number of nitrogens with zero attached hydrogens (tertiary/aromatic N) is 6. The summed E-state index contributed by atoms with van der Waals surface area (Å²) in [5.74, 6) is -0.257. The second-order valence-corrected chi connectivity index (χ2v) is 8.98. The Bertz CT molecular complexity index is 1360. The second kappa shape index (κ2) is 9.03. The number of aliphatic hydroxyl groups excluding tert-OH is 1. The van der Waals surface area contributed by atoms with Gasteiger partial charge in [-0.25, -0.2) is 4.98 Å². The number of carbonyl (C=O) groups is 2. The number of pyridine rings is 1. The SMILES string of the molecule is CC(=O)c1c(C2CCN(C(=O)[C@@H](C)O)CC2)nc2c(-c3ccc(C4=NC=CC4)nc3)cnn2c1N. The molecule has 10 heteroatoms. The van der Waals surface area contributed by atoms with Crippen LogP contribution in [0.4, 0.5) is 5.82 Å². The van der Waals surface area contributed by atoms with Gasteiger partial charge in [0.2, 0.25) is 0 Å². The summed E-state index contributed by atoms with van der Waals surface area (Å²) in [4.78, 5) is 40.2. The van der Waals surface area contributed by atoms with Crippen LogP contribution in [0.1, 0.15) is 60.8 Å². The zero-order chi connectivity index (χ0) is 24.7. The summed E-state index contributed by atoms with van der Waals surface area (Å²) in [7, 11) is 0. The number of carbonyl (C=O) groups excluding carboxylic acids is 2. The van der Waals surface area contributed by atoms with Gasteiger partial charge >= 0.3 is 0 Å². The Morgan fingerprint density at radius 1 is 1.20 bits per heavy atom. The first-order valence-corrected chi connectivity index (χ1v) is 11.7. The van der Waals surface area contributed by atoms with E-state index in [1.807, 2.05) is 18.2 Å². The van der Waals surface area contributed by atoms with E-state index in [2.05, 4.69) is 15.1 Å². The van der Waals surface area contributed by atoms with Crippen LogP contribution in [0.25, 0.3) is 16.8 Å². The summed E-state index contributed by atoms with van der Waals surface area (Å²) < 4.78 is 1.50. The quantitative estimate of drug-likeness (QED) is 0.542. The van der Waals surface area contributed by atoms with Gasteiger partial charge in [-0.3, -0.25) is 19.6 Å². The second-order valence-electron chi connectivity index (χ2n) is 8.98. The molecule has 3 aromatic rings. The molecule has 1 fully saturated rings. The number of nitrogen functional groups attached to an aromatic ring is 1. The van der Waals surface area contributed by atoms with Crippen LogP contribution in [-0.2, 0) is 4.79 Å². The molecule has 1 amide bonds. The average molecular weight is 474 g/mol. The van der Waals surface area contributed by atoms with Crippen LogP contribution in [0.2, 0.25) is 0 Å². The highest BCUT2D eigenvalue weighted by atomic mass is 16.3. The number of aromatic nitrogens is 4. The van der Waals surface area contributed by atoms with Crippen LogP contribution >= 0.6 is 0 Å². The lowest BCUT2D eigenvalue weighted by Gasteiger charge is -2.33. The van der Waals surface area contributed by atoms with Crippen LogP contribution in [0.3, 0.4) is 0 Å². The molecule has 1 saturated heterocycles. The number of allylic oxidation sites excluding steroid dienone is 1. The molecule has 10 nitrogen and oxygen atoms in total. The smallest absolute Gasteiger partial charge is 0.251 e. The number of aliphatic imine (C=N–C) groups is 1. The number of hydrogen-bond acceptors (Lipinski definition) is 8. The minimum absolute atomic E-state index is 0.0459. The monoisotopic (exact) mass is 473 g/mol. The molecule has 0 aliphatic carbocycles. The van der Waals surface area contributed by atoms with Crippen molar-refractivity contribution < 1.29 is 14.7 Å². The van der Waals surface area contributed by atoms with E-state index in [0.717, 1.165) is 29.0 Å². The van der Waals surface area contributed by atoms with E-state index in [1.54, 1.807) is 23.5 Å². The van der Waals surface area contributed by atoms with Crippen molar-refractivity contribution in [3.05, 3.63) is 53.8 Å². The molecular formula is C25H27N7O3. The first-order valence-electron chi connectivity index (χ1n) is 11.7. The fourth-order valence-electron chi connectivity index (χ4n) is 4.78. The van der Waals surface area contributed by atoms with E-state index in [1.165, 1.54) is 18.4 Å². The van der Waals surface area contributed by atoms with E-state index in [0.29, 0.717) is 42.8 Å². The fraction of sp³-hybridized carbons (Fsp3) is 0.360. The number of anilines is 1. The maximum atomic E-state index is 12.6. The molecule has 0 spiro atoms. The standard InChI is InChI=1S/C25H27N7O3/c1-14(33)21-22(16-7-10-31(11-8-16)25(35)15(2)34)30-24-18(13-29-32(24)23(21)26)17-5-6-20(28-12-17)19-4-3-9-27-19/h3,5-6,9,12-13,15-16,34H,4,7-8,10-11,26H2,1-2H3/t15-/m1/s1. The molecule has 35 heavy (non-hydrogen) atoms. The van der Waals surface area contributed by atoms with Crippen LogP contribution in [0, 0.1) is 0 Å². The Labute approximate surface area is 202 Å². The lowest BCUT2D eigenvalue weighted by atomic mass is 9.89. The molecule has 0 aromatic carbocycles. The van der Waals surface area contributed by atoms with Crippen molar-refractivity contribution in [1.82, 2.24) is 24.5 Å². The number of likely N-dealkylation sites (tertiary alicyclic amines) is 1. The van der Waals surface area contributed by atoms with E-state index in [-0.39, 0.29) is 23.4 Å². The first kappa shape index (κ1) is 22.9. The molecule has 5 rings (SSSR count). The summed E-state index contributed by atoms with van der Waals surface area (Å²) in [5.41, 5.74) is 11.3. The van der Waals surface area contributed by atoms with Gasteiger partial charge in [-0.1, -0.05) is 12.1 Å². The minimum Gasteiger partial charge on any atom is -0.384 e. The number of rotatable bonds is 5. The van der Waals surface area contributed by atoms with Gasteiger partial charge in [0, 0.05) is 49.0 Å². The molecule has 1 atom stereocenters. The number of piperidine rings is 1. The Morgan fingerprint density at radius 3 is 2.57 bits per heavy atom. The van der Waals surface area contributed by atoms with Crippen molar-refractivity contribution in [2.45, 2.75) is 45.1 Å². The number of aliphatic hydroxyl groups is 1. The van der Waals surface area contributed by atoms with Crippen LogP contribution < -0.4 is 5.73 Å². The highest BCUT2D eigenvalue weighted by Crippen LogP contribution is 2.34. The molecule has 0 unspecified atom stereocenters. The molecule has 180 valence electrons. The van der Waals surface area contributed by atoms with Crippen molar-refractivity contribution in [1.29, 1.82) is 0 Å². The lowest BCUT2D eigenvalue weighted by molar-refractivity contribution is -0.140. The molecule has 0 saturated carbocycles. The first-order chi connectivity index (χ1) is 16.8. The Hall–Kier alpha value is -3.92. The maximum absolute atomic E-state index is 12.6. The Balaban J connectivity index is 1.51. The van der Waals surface area contributed by atoms with Gasteiger partial charge in [0.1, 0.15) is 11.9 Å². The van der Waals surface area contributed by atoms with E-state index in [4.69, 9.17) is 10.7 Å². The summed E-state index contributed by atoms with van der Waals surface area (Å²) in [6.07, 6.45) is 8.19. The molecule has 0 radical (unpaired) electrons. The normalized spacial score (nSPS) is 17.1. The molecular weight excluding hydrogens is 446 g/mol. The topological polar surface area (TPSA) is 139 Å². The maximum Gasteiger partial charge on any atom is 0.251 e. The van der Waals surface area contributed by atoms with E-state index in [9.17, 15) is 14.7 Å². The third-order valence-corrected chi connectivity index (χ3v) is 6.63. The van der Waals surface area contributed by atoms with E-state index >= 15 is 0 Å². The minimum atomic E-state index is -1.03. The fourth-order valence-corrected chi connectivity index (χ4v) is 4.78. The van der Waals surface area contributed by atoms with Gasteiger partial charge in [-0.05, 0) is 32.8 Å². The predicted octanol–water partition coefficient (Wildman–Crippen LogP) is 2.37. The molecule has 3 N–H and O–H groups in total. The van der Waals surface area contributed by atoms with Crippen molar-refractivity contribution in [2.24, 2.45) is 4.99 Å². The number of nitrogens with two attached hydrogens (primary N) is 1. The summed E-state index contributed by atoms with van der Waals surface area (Å²) in [6.45, 7) is 3.91. The zero-order valence-electron chi connectivity index (χ0n) is 19.7. The van der Waals surface area contributed by atoms with Gasteiger partial charge in [0.05, 0.1) is 28.9 Å². The number of fused-ring (bicyclic) bond motifs is 1. The number of hydrogen-bond donors (Lipinski definition) is 2. The molecule has 2 aliphatic heterocycles. The largest absolute Gasteiger partial charge is 0.384 e. The van der Waals surface area contributed by atoms with Crippen LogP contribution in [-0.4, -0.2) is 66.2 Å². The summed E-state index contributed by atoms with van der Waals surface area (Å²) >= 11 is 0. The lowest BCUT2D eigenvalue weighted by Crippen LogP contribution is -2.42. The Kier molecular flexibility index (Phi) is 5.89. The predicted molar refractivity (Wildman–Crippen MR) is 131 cm³/mol. The average Bonchev–Trinajstić information content (AvgIpc) is 3.54. The number of amides is 1. The summed E-state index contributed by atoms with van der Waals surface area (Å²) in [5, 5.41) is 14.0. The third kappa shape index (κ3) is 4.10. The number of Topliss-reactive ketones (excluding diaryl/α,β-unsaturated/α-hetero) is 1. The van der Waals surface area contributed by atoms with Gasteiger partial charge in [-0.15, -0.1) is 0 Å². The third-order valence-electron chi connectivity index (χ3n) is 6.63. The van der Waals surface area contributed by atoms with Gasteiger partial charge < -0.3 is 15.7 Å². The van der Waals surface area contributed by atoms with Crippen LogP contribution in [0.15, 0.2) is 41.8 Å². The van der Waals surface area contributed by atoms with Crippen molar-refractivity contribution in [3.63, 3.8) is 0 Å². The van der Waals surface area contributed by atoms with Gasteiger partial charge in [-0.2, -0.15) is 9.61 Å². The molecule has 0 bridgehead atoms. The van der Waals surface area contributed by atoms with Crippen LogP contribution in [0.5, 0.6) is 0 Å². The summed E-state index contributed by atoms with van der Waals surface area (Å²) in [6, 6.07) is 3.88. The highest BCUT2D eigenvalue weighted by molar-refractivity contribution is 6.02. The van der Waals surface area contributed by atoms with Crippen molar-refractivity contribution in [2.75, 3.05) is 18.8 Å². The number of ketones is 1. The zero-order valence-corrected chi connectivity index (χ0v) is 19.7. The van der Waals surface area contributed by atoms with E-state index < -0.39 is 6.10 Å². The molecule has 5 heterocycles. The van der Waals surface area contributed by atoms with Crippen molar-refractivity contribution >= 4 is 28.9 Å². The Morgan fingerprint density at radius 2 is 1.97 bits per heavy atom. The molecule has 2 aliphatic rings.